The summed E-state index contributed by atoms with van der Waals surface area (Å²) in [7, 11) is 0. The Kier molecular flexibility index (Phi) is 5.06. The van der Waals surface area contributed by atoms with Gasteiger partial charge in [0.15, 0.2) is 5.16 Å². The molecule has 1 fully saturated rings. The Balaban J connectivity index is 2.06. The normalized spacial score (nSPS) is 17.2. The van der Waals surface area contributed by atoms with Crippen molar-refractivity contribution < 1.29 is 0 Å². The first-order chi connectivity index (χ1) is 8.69. The molecule has 1 aromatic heterocycles. The van der Waals surface area contributed by atoms with Crippen LogP contribution in [0.25, 0.3) is 0 Å². The topological polar surface area (TPSA) is 41.9 Å². The highest BCUT2D eigenvalue weighted by atomic mass is 35.5. The maximum absolute atomic E-state index is 5.98. The lowest BCUT2D eigenvalue weighted by Gasteiger charge is -2.15. The molecule has 18 heavy (non-hydrogen) atoms. The molecule has 0 amide bonds. The van der Waals surface area contributed by atoms with E-state index in [9.17, 15) is 0 Å². The fraction of sp³-hybridized carbons (Fsp3) is 0.750. The van der Waals surface area contributed by atoms with Crippen molar-refractivity contribution in [1.82, 2.24) is 15.0 Å². The van der Waals surface area contributed by atoms with Crippen molar-refractivity contribution in [2.45, 2.75) is 38.3 Å². The SMILES string of the molecule is CCC(C)CSc1nc(Cl)nc(N2CCCC2)n1. The number of aromatic nitrogens is 3. The smallest absolute Gasteiger partial charge is 0.230 e. The molecule has 1 aliphatic rings. The van der Waals surface area contributed by atoms with Crippen LogP contribution in [0, 0.1) is 5.92 Å². The lowest BCUT2D eigenvalue weighted by molar-refractivity contribution is 0.635. The Morgan fingerprint density at radius 1 is 1.28 bits per heavy atom. The average Bonchev–Trinajstić information content (AvgIpc) is 2.89. The zero-order chi connectivity index (χ0) is 13.0. The monoisotopic (exact) mass is 286 g/mol. The van der Waals surface area contributed by atoms with Crippen LogP contribution in [0.5, 0.6) is 0 Å². The maximum Gasteiger partial charge on any atom is 0.230 e. The third-order valence-corrected chi connectivity index (χ3v) is 4.50. The molecule has 6 heteroatoms. The lowest BCUT2D eigenvalue weighted by Crippen LogP contribution is -2.21. The first-order valence-electron chi connectivity index (χ1n) is 6.48. The fourth-order valence-electron chi connectivity index (χ4n) is 1.78. The molecule has 0 spiro atoms. The second-order valence-electron chi connectivity index (χ2n) is 4.71. The molecule has 0 N–H and O–H groups in total. The highest BCUT2D eigenvalue weighted by Crippen LogP contribution is 2.23. The first kappa shape index (κ1) is 13.9. The van der Waals surface area contributed by atoms with E-state index in [2.05, 4.69) is 33.7 Å². The van der Waals surface area contributed by atoms with Gasteiger partial charge in [0, 0.05) is 18.8 Å². The average molecular weight is 287 g/mol. The highest BCUT2D eigenvalue weighted by Gasteiger charge is 2.17. The summed E-state index contributed by atoms with van der Waals surface area (Å²) in [5, 5.41) is 1.05. The van der Waals surface area contributed by atoms with Crippen LogP contribution in [0.3, 0.4) is 0 Å². The van der Waals surface area contributed by atoms with E-state index >= 15 is 0 Å². The van der Waals surface area contributed by atoms with Crippen molar-refractivity contribution in [2.75, 3.05) is 23.7 Å². The minimum atomic E-state index is 0.304. The molecule has 1 unspecified atom stereocenters. The Labute approximate surface area is 118 Å². The van der Waals surface area contributed by atoms with E-state index in [1.807, 2.05) is 0 Å². The van der Waals surface area contributed by atoms with Crippen LogP contribution < -0.4 is 4.90 Å². The molecule has 0 radical (unpaired) electrons. The van der Waals surface area contributed by atoms with Gasteiger partial charge in [0.05, 0.1) is 0 Å². The number of nitrogens with zero attached hydrogens (tertiary/aromatic N) is 4. The van der Waals surface area contributed by atoms with Crippen LogP contribution in [0.1, 0.15) is 33.1 Å². The van der Waals surface area contributed by atoms with Gasteiger partial charge in [-0.2, -0.15) is 15.0 Å². The largest absolute Gasteiger partial charge is 0.341 e. The highest BCUT2D eigenvalue weighted by molar-refractivity contribution is 7.99. The van der Waals surface area contributed by atoms with Crippen LogP contribution in [-0.2, 0) is 0 Å². The molecule has 4 nitrogen and oxygen atoms in total. The molecule has 0 aliphatic carbocycles. The molecule has 1 saturated heterocycles. The summed E-state index contributed by atoms with van der Waals surface area (Å²) in [5.41, 5.74) is 0. The standard InChI is InChI=1S/C12H19ClN4S/c1-3-9(2)8-18-12-15-10(13)14-11(16-12)17-6-4-5-7-17/h9H,3-8H2,1-2H3. The zero-order valence-corrected chi connectivity index (χ0v) is 12.5. The van der Waals surface area contributed by atoms with Crippen LogP contribution in [0.15, 0.2) is 5.16 Å². The third-order valence-electron chi connectivity index (χ3n) is 3.16. The van der Waals surface area contributed by atoms with Crippen LogP contribution in [0.2, 0.25) is 5.28 Å². The summed E-state index contributed by atoms with van der Waals surface area (Å²) in [5.74, 6) is 2.43. The number of hydrogen-bond acceptors (Lipinski definition) is 5. The van der Waals surface area contributed by atoms with Gasteiger partial charge in [-0.3, -0.25) is 0 Å². The quantitative estimate of drug-likeness (QED) is 0.777. The number of anilines is 1. The Bertz CT molecular complexity index is 396. The van der Waals surface area contributed by atoms with E-state index in [4.69, 9.17) is 11.6 Å². The minimum Gasteiger partial charge on any atom is -0.341 e. The molecule has 2 rings (SSSR count). The molecule has 100 valence electrons. The molecule has 0 saturated carbocycles. The summed E-state index contributed by atoms with van der Waals surface area (Å²) in [6, 6.07) is 0. The van der Waals surface area contributed by atoms with Crippen molar-refractivity contribution in [1.29, 1.82) is 0 Å². The van der Waals surface area contributed by atoms with Gasteiger partial charge >= 0.3 is 0 Å². The molecule has 1 atom stereocenters. The van der Waals surface area contributed by atoms with E-state index < -0.39 is 0 Å². The van der Waals surface area contributed by atoms with Gasteiger partial charge in [0.1, 0.15) is 0 Å². The van der Waals surface area contributed by atoms with Crippen LogP contribution in [0.4, 0.5) is 5.95 Å². The van der Waals surface area contributed by atoms with E-state index in [1.54, 1.807) is 11.8 Å². The van der Waals surface area contributed by atoms with Crippen LogP contribution >= 0.6 is 23.4 Å². The van der Waals surface area contributed by atoms with Gasteiger partial charge in [-0.25, -0.2) is 0 Å². The van der Waals surface area contributed by atoms with Gasteiger partial charge in [0.25, 0.3) is 0 Å². The second kappa shape index (κ2) is 6.57. The number of rotatable bonds is 5. The Morgan fingerprint density at radius 3 is 2.67 bits per heavy atom. The molecular weight excluding hydrogens is 268 g/mol. The van der Waals surface area contributed by atoms with Crippen molar-refractivity contribution in [3.05, 3.63) is 5.28 Å². The summed E-state index contributed by atoms with van der Waals surface area (Å²) in [4.78, 5) is 15.1. The van der Waals surface area contributed by atoms with E-state index in [0.717, 1.165) is 29.9 Å². The van der Waals surface area contributed by atoms with E-state index in [-0.39, 0.29) is 0 Å². The summed E-state index contributed by atoms with van der Waals surface area (Å²) in [6.45, 7) is 6.48. The molecule has 0 bridgehead atoms. The predicted molar refractivity (Wildman–Crippen MR) is 76.5 cm³/mol. The first-order valence-corrected chi connectivity index (χ1v) is 7.84. The lowest BCUT2D eigenvalue weighted by atomic mass is 10.2. The van der Waals surface area contributed by atoms with Crippen molar-refractivity contribution in [3.63, 3.8) is 0 Å². The van der Waals surface area contributed by atoms with Gasteiger partial charge in [-0.15, -0.1) is 0 Å². The zero-order valence-electron chi connectivity index (χ0n) is 10.9. The molecule has 2 heterocycles. The van der Waals surface area contributed by atoms with E-state index in [1.165, 1.54) is 19.3 Å². The third kappa shape index (κ3) is 3.72. The summed E-state index contributed by atoms with van der Waals surface area (Å²) < 4.78 is 0. The number of hydrogen-bond donors (Lipinski definition) is 0. The maximum atomic E-state index is 5.98. The summed E-state index contributed by atoms with van der Waals surface area (Å²) in [6.07, 6.45) is 3.59. The van der Waals surface area contributed by atoms with Crippen molar-refractivity contribution >= 4 is 29.3 Å². The van der Waals surface area contributed by atoms with Crippen molar-refractivity contribution in [2.24, 2.45) is 5.92 Å². The Morgan fingerprint density at radius 2 is 2.00 bits per heavy atom. The van der Waals surface area contributed by atoms with Gasteiger partial charge in [-0.1, -0.05) is 32.0 Å². The minimum absolute atomic E-state index is 0.304. The van der Waals surface area contributed by atoms with E-state index in [0.29, 0.717) is 11.2 Å². The van der Waals surface area contributed by atoms with Crippen molar-refractivity contribution in [3.8, 4) is 0 Å². The molecule has 1 aromatic rings. The Hall–Kier alpha value is -0.550. The van der Waals surface area contributed by atoms with Gasteiger partial charge in [0.2, 0.25) is 11.2 Å². The second-order valence-corrected chi connectivity index (χ2v) is 6.03. The predicted octanol–water partition coefficient (Wildman–Crippen LogP) is 3.26. The summed E-state index contributed by atoms with van der Waals surface area (Å²) >= 11 is 7.64. The molecular formula is C12H19ClN4S. The fourth-order valence-corrected chi connectivity index (χ4v) is 2.95. The molecule has 1 aliphatic heterocycles. The van der Waals surface area contributed by atoms with Gasteiger partial charge in [-0.05, 0) is 30.4 Å². The van der Waals surface area contributed by atoms with Gasteiger partial charge < -0.3 is 4.90 Å². The van der Waals surface area contributed by atoms with Crippen LogP contribution in [-0.4, -0.2) is 33.8 Å². The molecule has 0 aromatic carbocycles. The number of thioether (sulfide) groups is 1. The number of halogens is 1.